The number of amides is 1. The second-order valence-corrected chi connectivity index (χ2v) is 5.07. The van der Waals surface area contributed by atoms with Crippen LogP contribution in [0.1, 0.15) is 17.9 Å². The molecule has 1 N–H and O–H groups in total. The lowest BCUT2D eigenvalue weighted by Crippen LogP contribution is -2.15. The van der Waals surface area contributed by atoms with Gasteiger partial charge in [-0.3, -0.25) is 4.79 Å². The Hall–Kier alpha value is -2.43. The standard InChI is InChI=1S/C16H15FN2O2/c1-21-12-5-2-10(3-6-12)13-8-14(13)16(20)19-15-7-4-11(17)9-18-15/h2-7,9,13-14H,8H2,1H3,(H,18,19,20). The van der Waals surface area contributed by atoms with Crippen LogP contribution in [0.15, 0.2) is 42.6 Å². The number of rotatable bonds is 4. The minimum absolute atomic E-state index is 0.0507. The first-order valence-corrected chi connectivity index (χ1v) is 6.74. The maximum atomic E-state index is 12.8. The molecule has 1 fully saturated rings. The lowest BCUT2D eigenvalue weighted by Gasteiger charge is -2.05. The second-order valence-electron chi connectivity index (χ2n) is 5.07. The summed E-state index contributed by atoms with van der Waals surface area (Å²) >= 11 is 0. The normalized spacial score (nSPS) is 19.9. The summed E-state index contributed by atoms with van der Waals surface area (Å²) in [5.74, 6) is 0.866. The molecule has 1 aromatic heterocycles. The monoisotopic (exact) mass is 286 g/mol. The smallest absolute Gasteiger partial charge is 0.229 e. The van der Waals surface area contributed by atoms with Gasteiger partial charge in [0.2, 0.25) is 5.91 Å². The molecule has 1 aromatic carbocycles. The Labute approximate surface area is 122 Å². The molecule has 1 aliphatic rings. The van der Waals surface area contributed by atoms with E-state index in [2.05, 4.69) is 10.3 Å². The molecule has 1 saturated carbocycles. The Morgan fingerprint density at radius 3 is 2.67 bits per heavy atom. The lowest BCUT2D eigenvalue weighted by atomic mass is 10.1. The summed E-state index contributed by atoms with van der Waals surface area (Å²) in [6.45, 7) is 0. The molecule has 2 atom stereocenters. The number of hydrogen-bond donors (Lipinski definition) is 1. The highest BCUT2D eigenvalue weighted by Crippen LogP contribution is 2.48. The first-order chi connectivity index (χ1) is 10.2. The van der Waals surface area contributed by atoms with Crippen LogP contribution in [0.3, 0.4) is 0 Å². The fraction of sp³-hybridized carbons (Fsp3) is 0.250. The number of anilines is 1. The van der Waals surface area contributed by atoms with E-state index < -0.39 is 5.82 Å². The van der Waals surface area contributed by atoms with Crippen LogP contribution in [0.4, 0.5) is 10.2 Å². The van der Waals surface area contributed by atoms with Crippen molar-refractivity contribution in [1.82, 2.24) is 4.98 Å². The van der Waals surface area contributed by atoms with Crippen molar-refractivity contribution < 1.29 is 13.9 Å². The largest absolute Gasteiger partial charge is 0.497 e. The van der Waals surface area contributed by atoms with Gasteiger partial charge in [-0.2, -0.15) is 0 Å². The number of carbonyl (C=O) groups excluding carboxylic acids is 1. The molecule has 5 heteroatoms. The Morgan fingerprint density at radius 1 is 1.29 bits per heavy atom. The van der Waals surface area contributed by atoms with Crippen LogP contribution in [0.5, 0.6) is 5.75 Å². The van der Waals surface area contributed by atoms with Gasteiger partial charge in [0.25, 0.3) is 0 Å². The van der Waals surface area contributed by atoms with Gasteiger partial charge in [-0.05, 0) is 42.2 Å². The highest BCUT2D eigenvalue weighted by molar-refractivity contribution is 5.94. The van der Waals surface area contributed by atoms with Crippen molar-refractivity contribution in [3.8, 4) is 5.75 Å². The quantitative estimate of drug-likeness (QED) is 0.940. The number of halogens is 1. The minimum atomic E-state index is -0.421. The van der Waals surface area contributed by atoms with E-state index in [0.717, 1.165) is 23.9 Å². The van der Waals surface area contributed by atoms with Crippen LogP contribution in [-0.4, -0.2) is 18.0 Å². The molecule has 1 amide bonds. The molecule has 108 valence electrons. The molecule has 0 aliphatic heterocycles. The topological polar surface area (TPSA) is 51.2 Å². The number of ether oxygens (including phenoxy) is 1. The van der Waals surface area contributed by atoms with Crippen LogP contribution in [0, 0.1) is 11.7 Å². The Morgan fingerprint density at radius 2 is 2.05 bits per heavy atom. The van der Waals surface area contributed by atoms with E-state index in [-0.39, 0.29) is 17.7 Å². The zero-order valence-electron chi connectivity index (χ0n) is 11.5. The SMILES string of the molecule is COc1ccc(C2CC2C(=O)Nc2ccc(F)cn2)cc1. The summed E-state index contributed by atoms with van der Waals surface area (Å²) in [5.41, 5.74) is 1.13. The maximum Gasteiger partial charge on any atom is 0.229 e. The fourth-order valence-corrected chi connectivity index (χ4v) is 2.37. The van der Waals surface area contributed by atoms with Gasteiger partial charge in [-0.25, -0.2) is 9.37 Å². The van der Waals surface area contributed by atoms with Crippen molar-refractivity contribution in [2.75, 3.05) is 12.4 Å². The van der Waals surface area contributed by atoms with E-state index in [9.17, 15) is 9.18 Å². The lowest BCUT2D eigenvalue weighted by molar-refractivity contribution is -0.117. The average Bonchev–Trinajstić information content (AvgIpc) is 3.30. The van der Waals surface area contributed by atoms with Crippen LogP contribution in [-0.2, 0) is 4.79 Å². The number of hydrogen-bond acceptors (Lipinski definition) is 3. The van der Waals surface area contributed by atoms with Crippen LogP contribution in [0.2, 0.25) is 0 Å². The van der Waals surface area contributed by atoms with Gasteiger partial charge in [-0.1, -0.05) is 12.1 Å². The summed E-state index contributed by atoms with van der Waals surface area (Å²) in [7, 11) is 1.62. The Balaban J connectivity index is 1.61. The predicted octanol–water partition coefficient (Wildman–Crippen LogP) is 2.97. The van der Waals surface area contributed by atoms with Crippen molar-refractivity contribution in [1.29, 1.82) is 0 Å². The summed E-state index contributed by atoms with van der Waals surface area (Å²) in [5, 5.41) is 2.71. The second kappa shape index (κ2) is 5.52. The van der Waals surface area contributed by atoms with Crippen molar-refractivity contribution in [3.05, 3.63) is 54.0 Å². The number of pyridine rings is 1. The van der Waals surface area contributed by atoms with E-state index in [4.69, 9.17) is 4.74 Å². The Kier molecular flexibility index (Phi) is 3.56. The van der Waals surface area contributed by atoms with Crippen molar-refractivity contribution in [2.24, 2.45) is 5.92 Å². The van der Waals surface area contributed by atoms with E-state index in [1.165, 1.54) is 12.1 Å². The number of aromatic nitrogens is 1. The molecule has 0 radical (unpaired) electrons. The highest BCUT2D eigenvalue weighted by Gasteiger charge is 2.43. The van der Waals surface area contributed by atoms with Crippen molar-refractivity contribution >= 4 is 11.7 Å². The van der Waals surface area contributed by atoms with E-state index in [1.54, 1.807) is 7.11 Å². The third-order valence-corrected chi connectivity index (χ3v) is 3.65. The molecular formula is C16H15FN2O2. The van der Waals surface area contributed by atoms with Crippen LogP contribution >= 0.6 is 0 Å². The van der Waals surface area contributed by atoms with Crippen molar-refractivity contribution in [2.45, 2.75) is 12.3 Å². The van der Waals surface area contributed by atoms with Gasteiger partial charge in [0.15, 0.2) is 0 Å². The summed E-state index contributed by atoms with van der Waals surface area (Å²) in [6.07, 6.45) is 1.91. The molecule has 2 aromatic rings. The average molecular weight is 286 g/mol. The van der Waals surface area contributed by atoms with E-state index >= 15 is 0 Å². The first-order valence-electron chi connectivity index (χ1n) is 6.74. The first kappa shape index (κ1) is 13.5. The van der Waals surface area contributed by atoms with Crippen molar-refractivity contribution in [3.63, 3.8) is 0 Å². The molecule has 3 rings (SSSR count). The number of nitrogens with zero attached hydrogens (tertiary/aromatic N) is 1. The third kappa shape index (κ3) is 3.02. The molecule has 1 heterocycles. The van der Waals surface area contributed by atoms with Gasteiger partial charge in [0.05, 0.1) is 13.3 Å². The number of nitrogens with one attached hydrogen (secondary N) is 1. The molecule has 0 spiro atoms. The molecule has 0 saturated heterocycles. The Bertz CT molecular complexity index is 640. The summed E-state index contributed by atoms with van der Waals surface area (Å²) in [6, 6.07) is 10.5. The van der Waals surface area contributed by atoms with Gasteiger partial charge in [-0.15, -0.1) is 0 Å². The number of benzene rings is 1. The number of carbonyl (C=O) groups is 1. The third-order valence-electron chi connectivity index (χ3n) is 3.65. The molecule has 0 bridgehead atoms. The molecule has 21 heavy (non-hydrogen) atoms. The van der Waals surface area contributed by atoms with E-state index in [0.29, 0.717) is 5.82 Å². The summed E-state index contributed by atoms with van der Waals surface area (Å²) in [4.78, 5) is 15.9. The maximum absolute atomic E-state index is 12.8. The van der Waals surface area contributed by atoms with Gasteiger partial charge < -0.3 is 10.1 Å². The van der Waals surface area contributed by atoms with E-state index in [1.807, 2.05) is 24.3 Å². The predicted molar refractivity (Wildman–Crippen MR) is 76.7 cm³/mol. The molecule has 1 aliphatic carbocycles. The molecule has 2 unspecified atom stereocenters. The van der Waals surface area contributed by atoms with Gasteiger partial charge >= 0.3 is 0 Å². The van der Waals surface area contributed by atoms with Crippen LogP contribution in [0.25, 0.3) is 0 Å². The molecule has 4 nitrogen and oxygen atoms in total. The molecular weight excluding hydrogens is 271 g/mol. The zero-order chi connectivity index (χ0) is 14.8. The van der Waals surface area contributed by atoms with Gasteiger partial charge in [0, 0.05) is 5.92 Å². The van der Waals surface area contributed by atoms with Crippen LogP contribution < -0.4 is 10.1 Å². The fourth-order valence-electron chi connectivity index (χ4n) is 2.37. The summed E-state index contributed by atoms with van der Waals surface area (Å²) < 4.78 is 17.9. The minimum Gasteiger partial charge on any atom is -0.497 e. The number of methoxy groups -OCH3 is 1. The van der Waals surface area contributed by atoms with Gasteiger partial charge in [0.1, 0.15) is 17.4 Å². The highest BCUT2D eigenvalue weighted by atomic mass is 19.1. The zero-order valence-corrected chi connectivity index (χ0v) is 11.5.